The average Bonchev–Trinajstić information content (AvgIpc) is 0.811. The Morgan fingerprint density at radius 3 is 1.33 bits per heavy atom. The van der Waals surface area contributed by atoms with Gasteiger partial charge in [-0.1, -0.05) is 0 Å². The molecule has 6 heteroatoms. The fourth-order valence-electron chi connectivity index (χ4n) is 0. The number of hydrogen-bond donors (Lipinski definition) is 2. The highest BCUT2D eigenvalue weighted by Crippen LogP contribution is 1.98. The van der Waals surface area contributed by atoms with E-state index in [1.807, 2.05) is 0 Å². The second kappa shape index (κ2) is 8.99. The van der Waals surface area contributed by atoms with Crippen LogP contribution in [0.2, 0.25) is 0 Å². The maximum atomic E-state index is 8.70. The highest BCUT2D eigenvalue weighted by atomic mass is 35.5. The van der Waals surface area contributed by atoms with Gasteiger partial charge in [0.25, 0.3) is 0 Å². The summed E-state index contributed by atoms with van der Waals surface area (Å²) in [7, 11) is -2.87. The van der Waals surface area contributed by atoms with Crippen molar-refractivity contribution in [1.82, 2.24) is 0 Å². The van der Waals surface area contributed by atoms with E-state index in [0.717, 1.165) is 0 Å². The van der Waals surface area contributed by atoms with Crippen molar-refractivity contribution in [2.24, 2.45) is 0 Å². The summed E-state index contributed by atoms with van der Waals surface area (Å²) in [6.07, 6.45) is 0. The van der Waals surface area contributed by atoms with Crippen molar-refractivity contribution < 1.29 is 19.8 Å². The summed E-state index contributed by atoms with van der Waals surface area (Å²) < 4.78 is 8.70. The molecular formula is H5ClO4P+. The third-order valence-corrected chi connectivity index (χ3v) is 0. The smallest absolute Gasteiger partial charge is 0.412 e. The third-order valence-electron chi connectivity index (χ3n) is 0. The molecule has 0 aliphatic rings. The van der Waals surface area contributed by atoms with Crippen LogP contribution in [0.15, 0.2) is 0 Å². The number of rotatable bonds is 0. The summed E-state index contributed by atoms with van der Waals surface area (Å²) in [5.74, 6) is 0. The van der Waals surface area contributed by atoms with E-state index in [4.69, 9.17) is 14.4 Å². The molecule has 0 bridgehead atoms. The Morgan fingerprint density at radius 1 is 1.33 bits per heavy atom. The Hall–Kier alpha value is 0.270. The first kappa shape index (κ1) is 16.3. The van der Waals surface area contributed by atoms with Crippen LogP contribution in [0, 0.1) is 0 Å². The van der Waals surface area contributed by atoms with Crippen LogP contribution < -0.4 is 0 Å². The molecule has 0 aromatic heterocycles. The normalized spacial score (nSPS) is 4.33. The van der Waals surface area contributed by atoms with Gasteiger partial charge in [-0.05, 0) is 0 Å². The zero-order valence-corrected chi connectivity index (χ0v) is 4.37. The van der Waals surface area contributed by atoms with Crippen molar-refractivity contribution >= 4 is 20.7 Å². The van der Waals surface area contributed by atoms with E-state index in [2.05, 4.69) is 0 Å². The van der Waals surface area contributed by atoms with Gasteiger partial charge in [-0.25, -0.2) is 0 Å². The molecule has 0 amide bonds. The van der Waals surface area contributed by atoms with Gasteiger partial charge >= 0.3 is 8.25 Å². The Bertz CT molecular complexity index is 30.5. The van der Waals surface area contributed by atoms with Crippen molar-refractivity contribution in [2.45, 2.75) is 0 Å². The lowest BCUT2D eigenvalue weighted by molar-refractivity contribution is 0.405. The van der Waals surface area contributed by atoms with Crippen molar-refractivity contribution in [3.8, 4) is 0 Å². The Labute approximate surface area is 41.5 Å². The van der Waals surface area contributed by atoms with Crippen LogP contribution in [0.5, 0.6) is 0 Å². The first-order valence-electron chi connectivity index (χ1n) is 0.583. The number of halogens is 1. The first-order valence-corrected chi connectivity index (χ1v) is 1.75. The van der Waals surface area contributed by atoms with Gasteiger partial charge in [0, 0.05) is 4.57 Å². The summed E-state index contributed by atoms with van der Waals surface area (Å²) in [6.45, 7) is 0. The largest absolute Gasteiger partial charge is 0.692 e. The summed E-state index contributed by atoms with van der Waals surface area (Å²) in [4.78, 5) is 14.2. The molecule has 4 N–H and O–H groups in total. The van der Waals surface area contributed by atoms with Gasteiger partial charge in [-0.2, -0.15) is 0 Å². The molecule has 0 unspecified atom stereocenters. The van der Waals surface area contributed by atoms with Gasteiger partial charge < -0.3 is 5.48 Å². The van der Waals surface area contributed by atoms with Gasteiger partial charge in [-0.15, -0.1) is 22.2 Å². The fraction of sp³-hybridized carbons (Fsp3) is 0. The van der Waals surface area contributed by atoms with E-state index in [0.29, 0.717) is 0 Å². The zero-order chi connectivity index (χ0) is 3.58. The quantitative estimate of drug-likeness (QED) is 0.427. The summed E-state index contributed by atoms with van der Waals surface area (Å²) in [5, 5.41) is 0. The Morgan fingerprint density at radius 2 is 1.33 bits per heavy atom. The molecule has 0 aliphatic heterocycles. The van der Waals surface area contributed by atoms with Gasteiger partial charge in [0.05, 0.1) is 0 Å². The average molecular weight is 135 g/mol. The Kier molecular flexibility index (Phi) is 24.4. The highest BCUT2D eigenvalue weighted by molar-refractivity contribution is 7.30. The fourth-order valence-corrected chi connectivity index (χ4v) is 0. The van der Waals surface area contributed by atoms with Crippen molar-refractivity contribution in [3.63, 3.8) is 0 Å². The molecule has 0 saturated heterocycles. The van der Waals surface area contributed by atoms with Crippen LogP contribution in [0.1, 0.15) is 0 Å². The minimum Gasteiger partial charge on any atom is -0.412 e. The maximum absolute atomic E-state index is 8.70. The molecule has 4 nitrogen and oxygen atoms in total. The molecule has 40 valence electrons. The van der Waals surface area contributed by atoms with Gasteiger partial charge in [0.2, 0.25) is 0 Å². The van der Waals surface area contributed by atoms with E-state index >= 15 is 0 Å². The van der Waals surface area contributed by atoms with Crippen LogP contribution in [0.4, 0.5) is 0 Å². The summed E-state index contributed by atoms with van der Waals surface area (Å²) >= 11 is 0. The first-order chi connectivity index (χ1) is 1.73. The molecule has 0 aromatic carbocycles. The molecule has 0 atom stereocenters. The molecule has 0 aliphatic carbocycles. The molecule has 0 rings (SSSR count). The third kappa shape index (κ3) is 626. The van der Waals surface area contributed by atoms with Gasteiger partial charge in [-0.3, -0.25) is 0 Å². The molecule has 6 heavy (non-hydrogen) atoms. The molecule has 0 aromatic rings. The lowest BCUT2D eigenvalue weighted by Crippen LogP contribution is -1.38. The van der Waals surface area contributed by atoms with E-state index in [9.17, 15) is 0 Å². The second-order valence-electron chi connectivity index (χ2n) is 0.253. The van der Waals surface area contributed by atoms with E-state index in [1.165, 1.54) is 0 Å². The van der Waals surface area contributed by atoms with Crippen LogP contribution >= 0.6 is 20.7 Å². The van der Waals surface area contributed by atoms with E-state index in [-0.39, 0.29) is 17.9 Å². The van der Waals surface area contributed by atoms with E-state index in [1.54, 1.807) is 0 Å². The van der Waals surface area contributed by atoms with Crippen molar-refractivity contribution in [2.75, 3.05) is 0 Å². The van der Waals surface area contributed by atoms with Crippen molar-refractivity contribution in [3.05, 3.63) is 0 Å². The zero-order valence-electron chi connectivity index (χ0n) is 2.66. The van der Waals surface area contributed by atoms with Crippen LogP contribution in [-0.4, -0.2) is 15.3 Å². The molecular weight excluding hydrogens is 130 g/mol. The Balaban J connectivity index is -0.0000000450. The molecule has 0 heterocycles. The topological polar surface area (TPSA) is 89.0 Å². The molecule has 0 spiro atoms. The predicted molar refractivity (Wildman–Crippen MR) is 22.9 cm³/mol. The second-order valence-corrected chi connectivity index (χ2v) is 0.758. The highest BCUT2D eigenvalue weighted by Gasteiger charge is 1.93. The lowest BCUT2D eigenvalue weighted by Gasteiger charge is -1.34. The monoisotopic (exact) mass is 135 g/mol. The standard InChI is InChI=1S/ClH.HO3P.H2O/c;1-4(2)3;/h1H;(H-,1,2,3);1H2/p+1. The SMILES string of the molecule is Cl.O.O=[P+](O)O. The van der Waals surface area contributed by atoms with E-state index < -0.39 is 8.25 Å². The predicted octanol–water partition coefficient (Wildman–Crippen LogP) is -0.775. The number of hydrogen-bond acceptors (Lipinski definition) is 1. The minimum atomic E-state index is -2.87. The summed E-state index contributed by atoms with van der Waals surface area (Å²) in [6, 6.07) is 0. The molecule has 0 radical (unpaired) electrons. The summed E-state index contributed by atoms with van der Waals surface area (Å²) in [5.41, 5.74) is 0. The maximum Gasteiger partial charge on any atom is 0.692 e. The van der Waals surface area contributed by atoms with Gasteiger partial charge in [0.15, 0.2) is 0 Å². The van der Waals surface area contributed by atoms with Crippen LogP contribution in [-0.2, 0) is 4.57 Å². The lowest BCUT2D eigenvalue weighted by atomic mass is 15.8. The van der Waals surface area contributed by atoms with Crippen LogP contribution in [0.25, 0.3) is 0 Å². The van der Waals surface area contributed by atoms with Gasteiger partial charge in [0.1, 0.15) is 0 Å². The van der Waals surface area contributed by atoms with Crippen molar-refractivity contribution in [1.29, 1.82) is 0 Å². The molecule has 0 saturated carbocycles. The minimum absolute atomic E-state index is 0. The molecule has 0 fully saturated rings. The van der Waals surface area contributed by atoms with Crippen LogP contribution in [0.3, 0.4) is 0 Å².